The van der Waals surface area contributed by atoms with Gasteiger partial charge in [0.05, 0.1) is 27.8 Å². The molecule has 1 N–H and O–H groups in total. The molecule has 0 bridgehead atoms. The zero-order chi connectivity index (χ0) is 21.4. The number of methoxy groups -OCH3 is 3. The lowest BCUT2D eigenvalue weighted by atomic mass is 10.1. The summed E-state index contributed by atoms with van der Waals surface area (Å²) < 4.78 is 20.8. The maximum atomic E-state index is 12.0. The molecule has 0 saturated heterocycles. The molecule has 0 radical (unpaired) electrons. The minimum Gasteiger partial charge on any atom is -0.496 e. The SMILES string of the molecule is COc1cc(OC)c(OC)cc1CNC(=O)COC(=O)Cc1ccc(Cl)cc1Cl. The first kappa shape index (κ1) is 22.6. The maximum Gasteiger partial charge on any atom is 0.310 e. The van der Waals surface area contributed by atoms with Gasteiger partial charge >= 0.3 is 5.97 Å². The van der Waals surface area contributed by atoms with Crippen LogP contribution in [0.3, 0.4) is 0 Å². The van der Waals surface area contributed by atoms with Gasteiger partial charge in [-0.2, -0.15) is 0 Å². The van der Waals surface area contributed by atoms with E-state index >= 15 is 0 Å². The van der Waals surface area contributed by atoms with Gasteiger partial charge in [-0.1, -0.05) is 29.3 Å². The van der Waals surface area contributed by atoms with E-state index in [0.29, 0.717) is 38.4 Å². The highest BCUT2D eigenvalue weighted by molar-refractivity contribution is 6.35. The van der Waals surface area contributed by atoms with Gasteiger partial charge in [0.2, 0.25) is 0 Å². The van der Waals surface area contributed by atoms with Gasteiger partial charge in [-0.05, 0) is 23.8 Å². The van der Waals surface area contributed by atoms with Crippen LogP contribution in [-0.2, 0) is 27.3 Å². The van der Waals surface area contributed by atoms with E-state index in [9.17, 15) is 9.59 Å². The van der Waals surface area contributed by atoms with E-state index in [1.165, 1.54) is 27.4 Å². The van der Waals surface area contributed by atoms with Crippen LogP contribution < -0.4 is 19.5 Å². The Labute approximate surface area is 178 Å². The van der Waals surface area contributed by atoms with E-state index in [2.05, 4.69) is 5.32 Å². The molecule has 0 atom stereocenters. The molecule has 0 aliphatic carbocycles. The zero-order valence-electron chi connectivity index (χ0n) is 16.2. The Hall–Kier alpha value is -2.64. The first-order chi connectivity index (χ1) is 13.9. The second-order valence-electron chi connectivity index (χ2n) is 5.87. The quantitative estimate of drug-likeness (QED) is 0.600. The number of nitrogens with one attached hydrogen (secondary N) is 1. The van der Waals surface area contributed by atoms with Crippen LogP contribution in [0.15, 0.2) is 30.3 Å². The van der Waals surface area contributed by atoms with Crippen molar-refractivity contribution in [1.29, 1.82) is 0 Å². The summed E-state index contributed by atoms with van der Waals surface area (Å²) in [5.74, 6) is 0.501. The Morgan fingerprint density at radius 2 is 1.55 bits per heavy atom. The number of rotatable bonds is 9. The second-order valence-corrected chi connectivity index (χ2v) is 6.71. The number of halogens is 2. The van der Waals surface area contributed by atoms with E-state index in [1.54, 1.807) is 24.3 Å². The summed E-state index contributed by atoms with van der Waals surface area (Å²) in [5, 5.41) is 3.49. The van der Waals surface area contributed by atoms with Gasteiger partial charge in [-0.25, -0.2) is 0 Å². The molecule has 156 valence electrons. The normalized spacial score (nSPS) is 10.2. The highest BCUT2D eigenvalue weighted by Gasteiger charge is 2.14. The Morgan fingerprint density at radius 3 is 2.17 bits per heavy atom. The van der Waals surface area contributed by atoms with Crippen molar-refractivity contribution in [3.05, 3.63) is 51.5 Å². The molecular formula is C20H21Cl2NO6. The fourth-order valence-corrected chi connectivity index (χ4v) is 2.97. The van der Waals surface area contributed by atoms with Gasteiger partial charge in [0.15, 0.2) is 18.1 Å². The maximum absolute atomic E-state index is 12.0. The largest absolute Gasteiger partial charge is 0.496 e. The molecule has 0 fully saturated rings. The van der Waals surface area contributed by atoms with E-state index in [-0.39, 0.29) is 13.0 Å². The van der Waals surface area contributed by atoms with Gasteiger partial charge in [-0.15, -0.1) is 0 Å². The number of carbonyl (C=O) groups excluding carboxylic acids is 2. The van der Waals surface area contributed by atoms with Crippen LogP contribution in [0.2, 0.25) is 10.0 Å². The molecule has 9 heteroatoms. The van der Waals surface area contributed by atoms with Gasteiger partial charge in [0.25, 0.3) is 5.91 Å². The third kappa shape index (κ3) is 6.44. The molecule has 0 heterocycles. The lowest BCUT2D eigenvalue weighted by molar-refractivity contribution is -0.147. The predicted molar refractivity (Wildman–Crippen MR) is 109 cm³/mol. The Kier molecular flexibility index (Phi) is 8.42. The average Bonchev–Trinajstić information content (AvgIpc) is 2.71. The number of amides is 1. The highest BCUT2D eigenvalue weighted by Crippen LogP contribution is 2.34. The van der Waals surface area contributed by atoms with Crippen LogP contribution in [0.4, 0.5) is 0 Å². The number of hydrogen-bond donors (Lipinski definition) is 1. The van der Waals surface area contributed by atoms with Crippen molar-refractivity contribution in [2.45, 2.75) is 13.0 Å². The molecule has 0 aromatic heterocycles. The van der Waals surface area contributed by atoms with Crippen LogP contribution in [-0.4, -0.2) is 39.8 Å². The average molecular weight is 442 g/mol. The summed E-state index contributed by atoms with van der Waals surface area (Å²) >= 11 is 11.8. The minimum absolute atomic E-state index is 0.0627. The Balaban J connectivity index is 1.89. The van der Waals surface area contributed by atoms with Gasteiger partial charge in [-0.3, -0.25) is 9.59 Å². The summed E-state index contributed by atoms with van der Waals surface area (Å²) in [7, 11) is 4.54. The third-order valence-electron chi connectivity index (χ3n) is 3.98. The fourth-order valence-electron chi connectivity index (χ4n) is 2.49. The molecule has 2 aromatic carbocycles. The minimum atomic E-state index is -0.576. The summed E-state index contributed by atoms with van der Waals surface area (Å²) in [4.78, 5) is 24.0. The predicted octanol–water partition coefficient (Wildman–Crippen LogP) is 3.42. The van der Waals surface area contributed by atoms with Gasteiger partial charge in [0.1, 0.15) is 5.75 Å². The topological polar surface area (TPSA) is 83.1 Å². The van der Waals surface area contributed by atoms with Crippen LogP contribution in [0.5, 0.6) is 17.2 Å². The molecule has 0 spiro atoms. The van der Waals surface area contributed by atoms with Crippen LogP contribution >= 0.6 is 23.2 Å². The lowest BCUT2D eigenvalue weighted by Crippen LogP contribution is -2.28. The molecule has 0 aliphatic heterocycles. The molecule has 2 aromatic rings. The molecule has 2 rings (SSSR count). The third-order valence-corrected chi connectivity index (χ3v) is 4.56. The molecular weight excluding hydrogens is 421 g/mol. The summed E-state index contributed by atoms with van der Waals surface area (Å²) in [6.45, 7) is -0.261. The van der Waals surface area contributed by atoms with Gasteiger partial charge < -0.3 is 24.3 Å². The van der Waals surface area contributed by atoms with Crippen LogP contribution in [0, 0.1) is 0 Å². The number of hydrogen-bond acceptors (Lipinski definition) is 6. The van der Waals surface area contributed by atoms with Crippen molar-refractivity contribution >= 4 is 35.1 Å². The lowest BCUT2D eigenvalue weighted by Gasteiger charge is -2.14. The zero-order valence-corrected chi connectivity index (χ0v) is 17.7. The summed E-state index contributed by atoms with van der Waals surface area (Å²) in [6.07, 6.45) is -0.0627. The Morgan fingerprint density at radius 1 is 0.897 bits per heavy atom. The van der Waals surface area contributed by atoms with Gasteiger partial charge in [0, 0.05) is 28.2 Å². The fraction of sp³-hybridized carbons (Fsp3) is 0.300. The van der Waals surface area contributed by atoms with Crippen molar-refractivity contribution < 1.29 is 28.5 Å². The first-order valence-electron chi connectivity index (χ1n) is 8.53. The number of benzene rings is 2. The standard InChI is InChI=1S/C20H21Cl2NO6/c1-26-16-9-18(28-3)17(27-2)6-13(16)10-23-19(24)11-29-20(25)7-12-4-5-14(21)8-15(12)22/h4-6,8-9H,7,10-11H2,1-3H3,(H,23,24). The number of carbonyl (C=O) groups is 2. The van der Waals surface area contributed by atoms with Crippen molar-refractivity contribution in [3.63, 3.8) is 0 Å². The molecule has 0 unspecified atom stereocenters. The molecule has 1 amide bonds. The van der Waals surface area contributed by atoms with Crippen molar-refractivity contribution in [1.82, 2.24) is 5.32 Å². The summed E-state index contributed by atoms with van der Waals surface area (Å²) in [5.41, 5.74) is 1.24. The van der Waals surface area contributed by atoms with Crippen molar-refractivity contribution in [2.75, 3.05) is 27.9 Å². The molecule has 29 heavy (non-hydrogen) atoms. The van der Waals surface area contributed by atoms with E-state index in [1.807, 2.05) is 0 Å². The smallest absolute Gasteiger partial charge is 0.310 e. The first-order valence-corrected chi connectivity index (χ1v) is 9.28. The summed E-state index contributed by atoms with van der Waals surface area (Å²) in [6, 6.07) is 8.16. The molecule has 0 aliphatic rings. The van der Waals surface area contributed by atoms with Crippen LogP contribution in [0.25, 0.3) is 0 Å². The van der Waals surface area contributed by atoms with E-state index in [4.69, 9.17) is 42.1 Å². The molecule has 7 nitrogen and oxygen atoms in total. The molecule has 0 saturated carbocycles. The number of esters is 1. The number of ether oxygens (including phenoxy) is 4. The van der Waals surface area contributed by atoms with E-state index in [0.717, 1.165) is 0 Å². The highest BCUT2D eigenvalue weighted by atomic mass is 35.5. The Bertz CT molecular complexity index is 888. The van der Waals surface area contributed by atoms with Crippen molar-refractivity contribution in [3.8, 4) is 17.2 Å². The van der Waals surface area contributed by atoms with Crippen LogP contribution in [0.1, 0.15) is 11.1 Å². The second kappa shape index (κ2) is 10.8. The van der Waals surface area contributed by atoms with Crippen molar-refractivity contribution in [2.24, 2.45) is 0 Å². The monoisotopic (exact) mass is 441 g/mol. The van der Waals surface area contributed by atoms with E-state index < -0.39 is 18.5 Å².